The molecule has 0 aliphatic carbocycles. The molecule has 1 atom stereocenters. The molecule has 0 saturated heterocycles. The molecule has 2 aromatic rings. The molecule has 0 fully saturated rings. The fraction of sp³-hybridized carbons (Fsp3) is 0.308. The molecule has 3 N–H and O–H groups in total. The number of para-hydroxylation sites is 1. The first-order chi connectivity index (χ1) is 10.6. The van der Waals surface area contributed by atoms with Crippen molar-refractivity contribution < 1.29 is 14.7 Å². The predicted molar refractivity (Wildman–Crippen MR) is 77.5 cm³/mol. The molecule has 1 heterocycles. The monoisotopic (exact) mass is 304 g/mol. The SMILES string of the molecule is CCC(Nc1nnnn1-c1ccccc1)C(=O)NCC(=O)O. The number of aliphatic carboxylic acids is 1. The lowest BCUT2D eigenvalue weighted by atomic mass is 10.2. The Bertz CT molecular complexity index is 642. The smallest absolute Gasteiger partial charge is 0.322 e. The molecule has 9 heteroatoms. The third-order valence-electron chi connectivity index (χ3n) is 2.91. The summed E-state index contributed by atoms with van der Waals surface area (Å²) < 4.78 is 1.47. The molecule has 1 aromatic carbocycles. The number of nitrogens with zero attached hydrogens (tertiary/aromatic N) is 4. The van der Waals surface area contributed by atoms with Crippen molar-refractivity contribution in [1.82, 2.24) is 25.5 Å². The van der Waals surface area contributed by atoms with Gasteiger partial charge in [-0.05, 0) is 29.0 Å². The van der Waals surface area contributed by atoms with Crippen LogP contribution in [0.4, 0.5) is 5.95 Å². The molecule has 22 heavy (non-hydrogen) atoms. The largest absolute Gasteiger partial charge is 0.480 e. The molecule has 1 aromatic heterocycles. The summed E-state index contributed by atoms with van der Waals surface area (Å²) in [7, 11) is 0. The van der Waals surface area contributed by atoms with Gasteiger partial charge in [0, 0.05) is 0 Å². The molecule has 0 aliphatic heterocycles. The average molecular weight is 304 g/mol. The molecule has 2 rings (SSSR count). The number of hydrogen-bond donors (Lipinski definition) is 3. The minimum Gasteiger partial charge on any atom is -0.480 e. The maximum atomic E-state index is 11.9. The van der Waals surface area contributed by atoms with Crippen LogP contribution in [-0.4, -0.2) is 49.8 Å². The maximum absolute atomic E-state index is 11.9. The number of carbonyl (C=O) groups is 2. The highest BCUT2D eigenvalue weighted by Crippen LogP contribution is 2.12. The molecule has 0 bridgehead atoms. The second-order valence-corrected chi connectivity index (χ2v) is 4.47. The number of carbonyl (C=O) groups excluding carboxylic acids is 1. The Morgan fingerprint density at radius 2 is 2.05 bits per heavy atom. The lowest BCUT2D eigenvalue weighted by Crippen LogP contribution is -2.41. The van der Waals surface area contributed by atoms with E-state index in [1.807, 2.05) is 30.3 Å². The van der Waals surface area contributed by atoms with Gasteiger partial charge in [-0.1, -0.05) is 30.2 Å². The van der Waals surface area contributed by atoms with Gasteiger partial charge in [-0.25, -0.2) is 0 Å². The zero-order valence-electron chi connectivity index (χ0n) is 11.9. The first-order valence-electron chi connectivity index (χ1n) is 6.71. The number of benzene rings is 1. The van der Waals surface area contributed by atoms with Gasteiger partial charge in [-0.3, -0.25) is 9.59 Å². The molecular weight excluding hydrogens is 288 g/mol. The lowest BCUT2D eigenvalue weighted by molar-refractivity contribution is -0.138. The highest BCUT2D eigenvalue weighted by Gasteiger charge is 2.20. The predicted octanol–water partition coefficient (Wildman–Crippen LogP) is 0.0536. The fourth-order valence-corrected chi connectivity index (χ4v) is 1.81. The summed E-state index contributed by atoms with van der Waals surface area (Å²) in [5.41, 5.74) is 0.746. The molecule has 0 radical (unpaired) electrons. The van der Waals surface area contributed by atoms with Gasteiger partial charge in [-0.15, -0.1) is 0 Å². The average Bonchev–Trinajstić information content (AvgIpc) is 2.99. The van der Waals surface area contributed by atoms with Gasteiger partial charge in [0.1, 0.15) is 12.6 Å². The summed E-state index contributed by atoms with van der Waals surface area (Å²) in [6, 6.07) is 8.58. The van der Waals surface area contributed by atoms with E-state index in [2.05, 4.69) is 26.2 Å². The summed E-state index contributed by atoms with van der Waals surface area (Å²) in [4.78, 5) is 22.4. The van der Waals surface area contributed by atoms with Crippen molar-refractivity contribution in [1.29, 1.82) is 0 Å². The summed E-state index contributed by atoms with van der Waals surface area (Å²) in [6.45, 7) is 1.37. The van der Waals surface area contributed by atoms with Crippen molar-refractivity contribution in [2.75, 3.05) is 11.9 Å². The van der Waals surface area contributed by atoms with Gasteiger partial charge in [-0.2, -0.15) is 4.68 Å². The van der Waals surface area contributed by atoms with Crippen molar-refractivity contribution in [3.8, 4) is 5.69 Å². The van der Waals surface area contributed by atoms with Crippen molar-refractivity contribution in [2.24, 2.45) is 0 Å². The maximum Gasteiger partial charge on any atom is 0.322 e. The molecule has 9 nitrogen and oxygen atoms in total. The Morgan fingerprint density at radius 3 is 2.68 bits per heavy atom. The molecular formula is C13H16N6O3. The third kappa shape index (κ3) is 3.78. The van der Waals surface area contributed by atoms with E-state index in [1.54, 1.807) is 6.92 Å². The molecule has 1 unspecified atom stereocenters. The van der Waals surface area contributed by atoms with Crippen molar-refractivity contribution >= 4 is 17.8 Å². The number of carboxylic acid groups (broad SMARTS) is 1. The molecule has 116 valence electrons. The number of aromatic nitrogens is 4. The fourth-order valence-electron chi connectivity index (χ4n) is 1.81. The normalized spacial score (nSPS) is 11.7. The van der Waals surface area contributed by atoms with Crippen LogP contribution in [0.5, 0.6) is 0 Å². The van der Waals surface area contributed by atoms with Crippen LogP contribution < -0.4 is 10.6 Å². The van der Waals surface area contributed by atoms with Gasteiger partial charge >= 0.3 is 5.97 Å². The van der Waals surface area contributed by atoms with Crippen molar-refractivity contribution in [3.63, 3.8) is 0 Å². The van der Waals surface area contributed by atoms with E-state index in [4.69, 9.17) is 5.11 Å². The van der Waals surface area contributed by atoms with Crippen LogP contribution in [0, 0.1) is 0 Å². The van der Waals surface area contributed by atoms with E-state index in [9.17, 15) is 9.59 Å². The van der Waals surface area contributed by atoms with Gasteiger partial charge in [0.2, 0.25) is 11.9 Å². The van der Waals surface area contributed by atoms with Crippen LogP contribution in [0.3, 0.4) is 0 Å². The van der Waals surface area contributed by atoms with Crippen molar-refractivity contribution in [3.05, 3.63) is 30.3 Å². The Labute approximate surface area is 126 Å². The zero-order chi connectivity index (χ0) is 15.9. The van der Waals surface area contributed by atoms with Gasteiger partial charge in [0.05, 0.1) is 5.69 Å². The Hall–Kier alpha value is -2.97. The van der Waals surface area contributed by atoms with E-state index >= 15 is 0 Å². The van der Waals surface area contributed by atoms with Crippen LogP contribution in [-0.2, 0) is 9.59 Å². The number of hydrogen-bond acceptors (Lipinski definition) is 6. The molecule has 0 saturated carbocycles. The van der Waals surface area contributed by atoms with Gasteiger partial charge in [0.15, 0.2) is 0 Å². The number of amides is 1. The number of carboxylic acids is 1. The number of anilines is 1. The summed E-state index contributed by atoms with van der Waals surface area (Å²) in [5.74, 6) is -1.21. The number of nitrogens with one attached hydrogen (secondary N) is 2. The van der Waals surface area contributed by atoms with E-state index in [0.29, 0.717) is 12.4 Å². The minimum atomic E-state index is -1.10. The zero-order valence-corrected chi connectivity index (χ0v) is 11.9. The van der Waals surface area contributed by atoms with E-state index < -0.39 is 24.5 Å². The quantitative estimate of drug-likeness (QED) is 0.660. The van der Waals surface area contributed by atoms with E-state index in [1.165, 1.54) is 4.68 Å². The Kier molecular flexibility index (Phi) is 5.02. The minimum absolute atomic E-state index is 0.309. The van der Waals surface area contributed by atoms with Crippen LogP contribution in [0.2, 0.25) is 0 Å². The second kappa shape index (κ2) is 7.16. The lowest BCUT2D eigenvalue weighted by Gasteiger charge is -2.16. The van der Waals surface area contributed by atoms with Gasteiger partial charge in [0.25, 0.3) is 0 Å². The Morgan fingerprint density at radius 1 is 1.32 bits per heavy atom. The summed E-state index contributed by atoms with van der Waals surface area (Å²) in [5, 5.41) is 25.2. The highest BCUT2D eigenvalue weighted by molar-refractivity contribution is 5.87. The van der Waals surface area contributed by atoms with Crippen molar-refractivity contribution in [2.45, 2.75) is 19.4 Å². The molecule has 0 aliphatic rings. The number of tetrazole rings is 1. The van der Waals surface area contributed by atoms with Crippen LogP contribution in [0.15, 0.2) is 30.3 Å². The van der Waals surface area contributed by atoms with E-state index in [0.717, 1.165) is 5.69 Å². The molecule has 0 spiro atoms. The van der Waals surface area contributed by atoms with Crippen LogP contribution >= 0.6 is 0 Å². The first kappa shape index (κ1) is 15.4. The topological polar surface area (TPSA) is 122 Å². The first-order valence-corrected chi connectivity index (χ1v) is 6.71. The highest BCUT2D eigenvalue weighted by atomic mass is 16.4. The second-order valence-electron chi connectivity index (χ2n) is 4.47. The van der Waals surface area contributed by atoms with E-state index in [-0.39, 0.29) is 0 Å². The summed E-state index contributed by atoms with van der Waals surface area (Å²) in [6.07, 6.45) is 0.451. The van der Waals surface area contributed by atoms with Gasteiger partial charge < -0.3 is 15.7 Å². The van der Waals surface area contributed by atoms with Crippen LogP contribution in [0.1, 0.15) is 13.3 Å². The van der Waals surface area contributed by atoms with Crippen LogP contribution in [0.25, 0.3) is 5.69 Å². The summed E-state index contributed by atoms with van der Waals surface area (Å²) >= 11 is 0. The standard InChI is InChI=1S/C13H16N6O3/c1-2-10(12(22)14-8-11(20)21)15-13-16-17-18-19(13)9-6-4-3-5-7-9/h3-7,10H,2,8H2,1H3,(H,14,22)(H,20,21)(H,15,16,18). The Balaban J connectivity index is 2.11. The number of rotatable bonds is 7. The third-order valence-corrected chi connectivity index (χ3v) is 2.91. The molecule has 1 amide bonds.